The average molecular weight is 247 g/mol. The molecule has 2 rings (SSSR count). The minimum Gasteiger partial charge on any atom is -0.399 e. The van der Waals surface area contributed by atoms with Gasteiger partial charge in [-0.15, -0.1) is 0 Å². The van der Waals surface area contributed by atoms with Crippen molar-refractivity contribution in [2.45, 2.75) is 25.8 Å². The molecule has 0 bridgehead atoms. The van der Waals surface area contributed by atoms with Crippen molar-refractivity contribution in [1.29, 1.82) is 0 Å². The second-order valence-corrected chi connectivity index (χ2v) is 5.04. The van der Waals surface area contributed by atoms with Crippen molar-refractivity contribution < 1.29 is 4.79 Å². The van der Waals surface area contributed by atoms with Gasteiger partial charge in [0.1, 0.15) is 0 Å². The van der Waals surface area contributed by atoms with Gasteiger partial charge in [-0.05, 0) is 44.5 Å². The van der Waals surface area contributed by atoms with Crippen molar-refractivity contribution >= 4 is 11.6 Å². The molecule has 3 N–H and O–H groups in total. The molecule has 0 saturated heterocycles. The maximum Gasteiger partial charge on any atom is 0.251 e. The van der Waals surface area contributed by atoms with Crippen LogP contribution in [0.15, 0.2) is 18.2 Å². The van der Waals surface area contributed by atoms with Crippen molar-refractivity contribution in [3.05, 3.63) is 29.3 Å². The van der Waals surface area contributed by atoms with E-state index < -0.39 is 0 Å². The summed E-state index contributed by atoms with van der Waals surface area (Å²) in [5.74, 6) is -0.0380. The van der Waals surface area contributed by atoms with Crippen LogP contribution < -0.4 is 11.1 Å². The molecule has 1 amide bonds. The smallest absolute Gasteiger partial charge is 0.251 e. The van der Waals surface area contributed by atoms with Gasteiger partial charge in [0.05, 0.1) is 0 Å². The first-order valence-corrected chi connectivity index (χ1v) is 6.42. The second kappa shape index (κ2) is 5.40. The predicted molar refractivity (Wildman–Crippen MR) is 73.6 cm³/mol. The molecule has 0 heterocycles. The molecule has 1 aromatic carbocycles. The number of aryl methyl sites for hydroxylation is 1. The third-order valence-corrected chi connectivity index (χ3v) is 3.43. The van der Waals surface area contributed by atoms with E-state index in [4.69, 9.17) is 5.73 Å². The van der Waals surface area contributed by atoms with E-state index in [0.29, 0.717) is 17.8 Å². The van der Waals surface area contributed by atoms with Crippen LogP contribution in [0.4, 0.5) is 5.69 Å². The molecule has 0 aliphatic heterocycles. The van der Waals surface area contributed by atoms with Crippen molar-refractivity contribution in [3.63, 3.8) is 0 Å². The van der Waals surface area contributed by atoms with E-state index in [9.17, 15) is 4.79 Å². The van der Waals surface area contributed by atoms with Gasteiger partial charge in [0.15, 0.2) is 0 Å². The van der Waals surface area contributed by atoms with Crippen molar-refractivity contribution in [2.75, 3.05) is 25.9 Å². The fourth-order valence-corrected chi connectivity index (χ4v) is 2.02. The van der Waals surface area contributed by atoms with E-state index in [1.54, 1.807) is 6.07 Å². The van der Waals surface area contributed by atoms with Crippen LogP contribution >= 0.6 is 0 Å². The van der Waals surface area contributed by atoms with Crippen LogP contribution in [0, 0.1) is 6.92 Å². The molecule has 0 radical (unpaired) electrons. The van der Waals surface area contributed by atoms with Crippen LogP contribution in [0.3, 0.4) is 0 Å². The van der Waals surface area contributed by atoms with E-state index in [0.717, 1.165) is 18.2 Å². The molecule has 1 aromatic rings. The van der Waals surface area contributed by atoms with Gasteiger partial charge in [-0.2, -0.15) is 0 Å². The number of hydrogen-bond donors (Lipinski definition) is 2. The zero-order chi connectivity index (χ0) is 13.1. The van der Waals surface area contributed by atoms with Gasteiger partial charge in [0.25, 0.3) is 5.91 Å². The summed E-state index contributed by atoms with van der Waals surface area (Å²) in [6.07, 6.45) is 2.58. The van der Waals surface area contributed by atoms with Gasteiger partial charge < -0.3 is 16.0 Å². The molecule has 0 unspecified atom stereocenters. The highest BCUT2D eigenvalue weighted by Crippen LogP contribution is 2.24. The molecular formula is C14H21N3O. The third-order valence-electron chi connectivity index (χ3n) is 3.43. The first kappa shape index (κ1) is 12.9. The van der Waals surface area contributed by atoms with E-state index >= 15 is 0 Å². The topological polar surface area (TPSA) is 58.4 Å². The maximum absolute atomic E-state index is 12.0. The number of carbonyl (C=O) groups is 1. The van der Waals surface area contributed by atoms with E-state index in [1.807, 2.05) is 19.1 Å². The van der Waals surface area contributed by atoms with Crippen LogP contribution in [0.2, 0.25) is 0 Å². The lowest BCUT2D eigenvalue weighted by Gasteiger charge is -2.16. The third kappa shape index (κ3) is 3.23. The lowest BCUT2D eigenvalue weighted by molar-refractivity contribution is 0.0949. The number of likely N-dealkylation sites (N-methyl/N-ethyl adjacent to an activating group) is 1. The molecule has 0 aromatic heterocycles. The zero-order valence-corrected chi connectivity index (χ0v) is 11.1. The SMILES string of the molecule is Cc1ccc(N)cc1C(=O)NCCN(C)C1CC1. The Hall–Kier alpha value is -1.55. The van der Waals surface area contributed by atoms with E-state index in [1.165, 1.54) is 12.8 Å². The van der Waals surface area contributed by atoms with Crippen LogP contribution in [0.25, 0.3) is 0 Å². The van der Waals surface area contributed by atoms with Crippen molar-refractivity contribution in [1.82, 2.24) is 10.2 Å². The summed E-state index contributed by atoms with van der Waals surface area (Å²) in [6, 6.07) is 6.15. The van der Waals surface area contributed by atoms with Gasteiger partial charge in [0.2, 0.25) is 0 Å². The summed E-state index contributed by atoms with van der Waals surface area (Å²) >= 11 is 0. The molecule has 98 valence electrons. The number of nitrogen functional groups attached to an aromatic ring is 1. The lowest BCUT2D eigenvalue weighted by Crippen LogP contribution is -2.34. The molecule has 4 heteroatoms. The Bertz CT molecular complexity index is 441. The Morgan fingerprint density at radius 2 is 2.22 bits per heavy atom. The number of benzene rings is 1. The molecule has 1 fully saturated rings. The fraction of sp³-hybridized carbons (Fsp3) is 0.500. The number of nitrogens with two attached hydrogens (primary N) is 1. The van der Waals surface area contributed by atoms with Gasteiger partial charge in [-0.25, -0.2) is 0 Å². The fourth-order valence-electron chi connectivity index (χ4n) is 2.02. The summed E-state index contributed by atoms with van der Waals surface area (Å²) in [7, 11) is 2.11. The summed E-state index contributed by atoms with van der Waals surface area (Å²) in [5.41, 5.74) is 7.95. The molecule has 4 nitrogen and oxygen atoms in total. The number of nitrogens with zero attached hydrogens (tertiary/aromatic N) is 1. The van der Waals surface area contributed by atoms with E-state index in [2.05, 4.69) is 17.3 Å². The van der Waals surface area contributed by atoms with Crippen LogP contribution in [-0.2, 0) is 0 Å². The maximum atomic E-state index is 12.0. The molecule has 1 aliphatic carbocycles. The predicted octanol–water partition coefficient (Wildman–Crippen LogP) is 1.40. The van der Waals surface area contributed by atoms with Crippen LogP contribution in [0.1, 0.15) is 28.8 Å². The van der Waals surface area contributed by atoms with Crippen molar-refractivity contribution in [2.24, 2.45) is 0 Å². The number of anilines is 1. The Balaban J connectivity index is 1.85. The van der Waals surface area contributed by atoms with Crippen LogP contribution in [0.5, 0.6) is 0 Å². The molecule has 1 saturated carbocycles. The number of amides is 1. The van der Waals surface area contributed by atoms with Gasteiger partial charge in [-0.3, -0.25) is 4.79 Å². The Morgan fingerprint density at radius 1 is 1.50 bits per heavy atom. The quantitative estimate of drug-likeness (QED) is 0.773. The first-order chi connectivity index (χ1) is 8.58. The number of rotatable bonds is 5. The summed E-state index contributed by atoms with van der Waals surface area (Å²) in [5, 5.41) is 2.94. The van der Waals surface area contributed by atoms with Gasteiger partial charge >= 0.3 is 0 Å². The Morgan fingerprint density at radius 3 is 2.89 bits per heavy atom. The molecular weight excluding hydrogens is 226 g/mol. The van der Waals surface area contributed by atoms with Gasteiger partial charge in [0, 0.05) is 30.4 Å². The lowest BCUT2D eigenvalue weighted by atomic mass is 10.1. The Labute approximate surface area is 108 Å². The van der Waals surface area contributed by atoms with E-state index in [-0.39, 0.29) is 5.91 Å². The molecule has 0 spiro atoms. The van der Waals surface area contributed by atoms with Crippen molar-refractivity contribution in [3.8, 4) is 0 Å². The summed E-state index contributed by atoms with van der Waals surface area (Å²) in [6.45, 7) is 3.50. The summed E-state index contributed by atoms with van der Waals surface area (Å²) < 4.78 is 0. The number of nitrogens with one attached hydrogen (secondary N) is 1. The normalized spacial score (nSPS) is 14.8. The highest BCUT2D eigenvalue weighted by molar-refractivity contribution is 5.96. The van der Waals surface area contributed by atoms with Crippen LogP contribution in [-0.4, -0.2) is 37.0 Å². The minimum absolute atomic E-state index is 0.0380. The molecule has 1 aliphatic rings. The molecule has 0 atom stereocenters. The zero-order valence-electron chi connectivity index (χ0n) is 11.1. The number of carbonyl (C=O) groups excluding carboxylic acids is 1. The second-order valence-electron chi connectivity index (χ2n) is 5.04. The highest BCUT2D eigenvalue weighted by atomic mass is 16.1. The minimum atomic E-state index is -0.0380. The largest absolute Gasteiger partial charge is 0.399 e. The average Bonchev–Trinajstić information content (AvgIpc) is 3.16. The van der Waals surface area contributed by atoms with Gasteiger partial charge in [-0.1, -0.05) is 6.07 Å². The first-order valence-electron chi connectivity index (χ1n) is 6.42. The highest BCUT2D eigenvalue weighted by Gasteiger charge is 2.25. The summed E-state index contributed by atoms with van der Waals surface area (Å²) in [4.78, 5) is 14.3. The standard InChI is InChI=1S/C14H21N3O/c1-10-3-4-11(15)9-13(10)14(18)16-7-8-17(2)12-5-6-12/h3-4,9,12H,5-8,15H2,1-2H3,(H,16,18). The monoisotopic (exact) mass is 247 g/mol. The molecule has 18 heavy (non-hydrogen) atoms. The number of hydrogen-bond acceptors (Lipinski definition) is 3. The Kier molecular flexibility index (Phi) is 3.87.